The molecular weight excluding hydrogens is 267 g/mol. The molecule has 0 aliphatic heterocycles. The summed E-state index contributed by atoms with van der Waals surface area (Å²) >= 11 is 0. The Morgan fingerprint density at radius 3 is 2.71 bits per heavy atom. The van der Waals surface area contributed by atoms with Crippen molar-refractivity contribution in [3.8, 4) is 5.75 Å². The van der Waals surface area contributed by atoms with Gasteiger partial charge in [-0.2, -0.15) is 0 Å². The Labute approximate surface area is 122 Å². The highest BCUT2D eigenvalue weighted by molar-refractivity contribution is 5.81. The Kier molecular flexibility index (Phi) is 3.79. The molecule has 0 spiro atoms. The Balaban J connectivity index is 1.74. The van der Waals surface area contributed by atoms with Crippen molar-refractivity contribution >= 4 is 10.9 Å². The molecule has 3 nitrogen and oxygen atoms in total. The zero-order valence-corrected chi connectivity index (χ0v) is 11.4. The molecule has 0 saturated carbocycles. The molecule has 2 aromatic carbocycles. The molecule has 21 heavy (non-hydrogen) atoms. The smallest absolute Gasteiger partial charge is 0.123 e. The van der Waals surface area contributed by atoms with Crippen molar-refractivity contribution < 1.29 is 9.50 Å². The van der Waals surface area contributed by atoms with E-state index < -0.39 is 0 Å². The summed E-state index contributed by atoms with van der Waals surface area (Å²) in [5.41, 5.74) is 2.57. The predicted molar refractivity (Wildman–Crippen MR) is 80.4 cm³/mol. The summed E-state index contributed by atoms with van der Waals surface area (Å²) in [4.78, 5) is 4.39. The quantitative estimate of drug-likeness (QED) is 0.771. The fourth-order valence-electron chi connectivity index (χ4n) is 2.34. The maximum absolute atomic E-state index is 13.2. The van der Waals surface area contributed by atoms with Gasteiger partial charge in [-0.15, -0.1) is 0 Å². The average Bonchev–Trinajstić information content (AvgIpc) is 2.51. The lowest BCUT2D eigenvalue weighted by atomic mass is 10.1. The van der Waals surface area contributed by atoms with E-state index in [0.29, 0.717) is 18.7 Å². The molecule has 0 unspecified atom stereocenters. The number of pyridine rings is 1. The molecule has 1 heterocycles. The van der Waals surface area contributed by atoms with E-state index in [0.717, 1.165) is 16.5 Å². The second kappa shape index (κ2) is 5.89. The Morgan fingerprint density at radius 2 is 1.81 bits per heavy atom. The van der Waals surface area contributed by atoms with Crippen LogP contribution >= 0.6 is 0 Å². The normalized spacial score (nSPS) is 10.9. The Morgan fingerprint density at radius 1 is 1.00 bits per heavy atom. The highest BCUT2D eigenvalue weighted by Crippen LogP contribution is 2.19. The van der Waals surface area contributed by atoms with Crippen molar-refractivity contribution in [3.63, 3.8) is 0 Å². The van der Waals surface area contributed by atoms with Crippen molar-refractivity contribution in [2.45, 2.75) is 13.1 Å². The molecule has 2 N–H and O–H groups in total. The van der Waals surface area contributed by atoms with E-state index in [4.69, 9.17) is 0 Å². The average molecular weight is 282 g/mol. The minimum Gasteiger partial charge on any atom is -0.508 e. The van der Waals surface area contributed by atoms with Crippen molar-refractivity contribution in [1.82, 2.24) is 10.3 Å². The number of hydrogen-bond acceptors (Lipinski definition) is 3. The van der Waals surface area contributed by atoms with E-state index in [9.17, 15) is 9.50 Å². The molecule has 0 bridgehead atoms. The van der Waals surface area contributed by atoms with Crippen molar-refractivity contribution in [1.29, 1.82) is 0 Å². The first-order valence-electron chi connectivity index (χ1n) is 6.75. The van der Waals surface area contributed by atoms with Crippen molar-refractivity contribution in [2.24, 2.45) is 0 Å². The standard InChI is InChI=1S/C17H15FN2O/c18-15-6-7-16(21)14(9-15)11-19-10-13-4-1-3-12-5-2-8-20-17(12)13/h1-9,19,21H,10-11H2. The number of phenolic OH excluding ortho intramolecular Hbond substituents is 1. The number of aromatic nitrogens is 1. The first-order valence-corrected chi connectivity index (χ1v) is 6.75. The molecular formula is C17H15FN2O. The Hall–Kier alpha value is -2.46. The molecule has 0 aliphatic carbocycles. The summed E-state index contributed by atoms with van der Waals surface area (Å²) in [5, 5.41) is 14.0. The zero-order valence-electron chi connectivity index (χ0n) is 11.4. The van der Waals surface area contributed by atoms with E-state index >= 15 is 0 Å². The van der Waals surface area contributed by atoms with Gasteiger partial charge < -0.3 is 10.4 Å². The number of hydrogen-bond donors (Lipinski definition) is 2. The number of nitrogens with zero attached hydrogens (tertiary/aromatic N) is 1. The van der Waals surface area contributed by atoms with Crippen LogP contribution in [-0.4, -0.2) is 10.1 Å². The largest absolute Gasteiger partial charge is 0.508 e. The molecule has 3 rings (SSSR count). The van der Waals surface area contributed by atoms with Crippen LogP contribution in [0.3, 0.4) is 0 Å². The molecule has 1 aromatic heterocycles. The van der Waals surface area contributed by atoms with E-state index in [2.05, 4.69) is 10.3 Å². The lowest BCUT2D eigenvalue weighted by Gasteiger charge is -2.09. The van der Waals surface area contributed by atoms with Gasteiger partial charge in [0.05, 0.1) is 5.52 Å². The Bertz CT molecular complexity index is 768. The topological polar surface area (TPSA) is 45.1 Å². The van der Waals surface area contributed by atoms with E-state index in [-0.39, 0.29) is 11.6 Å². The monoisotopic (exact) mass is 282 g/mol. The number of benzene rings is 2. The van der Waals surface area contributed by atoms with Crippen molar-refractivity contribution in [2.75, 3.05) is 0 Å². The number of aromatic hydroxyl groups is 1. The third-order valence-corrected chi connectivity index (χ3v) is 3.39. The second-order valence-corrected chi connectivity index (χ2v) is 4.87. The van der Waals surface area contributed by atoms with Gasteiger partial charge in [0, 0.05) is 30.2 Å². The molecule has 0 fully saturated rings. The van der Waals surface area contributed by atoms with Gasteiger partial charge in [0.25, 0.3) is 0 Å². The van der Waals surface area contributed by atoms with Gasteiger partial charge in [-0.1, -0.05) is 24.3 Å². The highest BCUT2D eigenvalue weighted by Gasteiger charge is 2.04. The summed E-state index contributed by atoms with van der Waals surface area (Å²) in [6.07, 6.45) is 1.77. The lowest BCUT2D eigenvalue weighted by Crippen LogP contribution is -2.13. The van der Waals surface area contributed by atoms with Crippen LogP contribution in [0.4, 0.5) is 4.39 Å². The SMILES string of the molecule is Oc1ccc(F)cc1CNCc1cccc2cccnc12. The summed E-state index contributed by atoms with van der Waals surface area (Å²) in [6.45, 7) is 0.997. The van der Waals surface area contributed by atoms with Gasteiger partial charge in [0.2, 0.25) is 0 Å². The van der Waals surface area contributed by atoms with Gasteiger partial charge in [0.15, 0.2) is 0 Å². The number of nitrogens with one attached hydrogen (secondary N) is 1. The van der Waals surface area contributed by atoms with Crippen molar-refractivity contribution in [3.05, 3.63) is 71.7 Å². The predicted octanol–water partition coefficient (Wildman–Crippen LogP) is 3.37. The minimum atomic E-state index is -0.351. The van der Waals surface area contributed by atoms with E-state index in [1.54, 1.807) is 6.20 Å². The second-order valence-electron chi connectivity index (χ2n) is 4.87. The van der Waals surface area contributed by atoms with Gasteiger partial charge in [-0.3, -0.25) is 4.98 Å². The van der Waals surface area contributed by atoms with Gasteiger partial charge in [0.1, 0.15) is 11.6 Å². The number of rotatable bonds is 4. The molecule has 4 heteroatoms. The fourth-order valence-corrected chi connectivity index (χ4v) is 2.34. The molecule has 3 aromatic rings. The van der Waals surface area contributed by atoms with Gasteiger partial charge >= 0.3 is 0 Å². The van der Waals surface area contributed by atoms with Crippen LogP contribution in [0.1, 0.15) is 11.1 Å². The summed E-state index contributed by atoms with van der Waals surface area (Å²) in [5.74, 6) is -0.253. The molecule has 0 amide bonds. The highest BCUT2D eigenvalue weighted by atomic mass is 19.1. The third kappa shape index (κ3) is 3.01. The first kappa shape index (κ1) is 13.5. The molecule has 106 valence electrons. The summed E-state index contributed by atoms with van der Waals surface area (Å²) in [7, 11) is 0. The lowest BCUT2D eigenvalue weighted by molar-refractivity contribution is 0.461. The van der Waals surface area contributed by atoms with E-state index in [1.807, 2.05) is 30.3 Å². The fraction of sp³-hybridized carbons (Fsp3) is 0.118. The number of halogens is 1. The molecule has 0 radical (unpaired) electrons. The maximum atomic E-state index is 13.2. The van der Waals surface area contributed by atoms with Crippen LogP contribution in [0, 0.1) is 5.82 Å². The maximum Gasteiger partial charge on any atom is 0.123 e. The van der Waals surface area contributed by atoms with Crippen LogP contribution in [0.5, 0.6) is 5.75 Å². The van der Waals surface area contributed by atoms with Crippen LogP contribution in [0.15, 0.2) is 54.7 Å². The molecule has 0 aliphatic rings. The number of phenols is 1. The van der Waals surface area contributed by atoms with E-state index in [1.165, 1.54) is 18.2 Å². The molecule has 0 saturated heterocycles. The minimum absolute atomic E-state index is 0.0972. The van der Waals surface area contributed by atoms with Gasteiger partial charge in [-0.05, 0) is 29.8 Å². The number of fused-ring (bicyclic) bond motifs is 1. The van der Waals surface area contributed by atoms with Gasteiger partial charge in [-0.25, -0.2) is 4.39 Å². The van der Waals surface area contributed by atoms with Crippen LogP contribution < -0.4 is 5.32 Å². The zero-order chi connectivity index (χ0) is 14.7. The summed E-state index contributed by atoms with van der Waals surface area (Å²) < 4.78 is 13.2. The summed E-state index contributed by atoms with van der Waals surface area (Å²) in [6, 6.07) is 13.9. The number of para-hydroxylation sites is 1. The van der Waals surface area contributed by atoms with Crippen LogP contribution in [0.25, 0.3) is 10.9 Å². The van der Waals surface area contributed by atoms with Crippen LogP contribution in [0.2, 0.25) is 0 Å². The third-order valence-electron chi connectivity index (χ3n) is 3.39. The van der Waals surface area contributed by atoms with Crippen LogP contribution in [-0.2, 0) is 13.1 Å². The first-order chi connectivity index (χ1) is 10.2. The molecule has 0 atom stereocenters.